The molecule has 23 heavy (non-hydrogen) atoms. The summed E-state index contributed by atoms with van der Waals surface area (Å²) in [5.74, 6) is 0.491. The smallest absolute Gasteiger partial charge is 0.267 e. The van der Waals surface area contributed by atoms with E-state index < -0.39 is 0 Å². The molecule has 1 amide bonds. The van der Waals surface area contributed by atoms with Crippen molar-refractivity contribution < 1.29 is 9.53 Å². The Hall–Kier alpha value is -1.56. The summed E-state index contributed by atoms with van der Waals surface area (Å²) < 4.78 is 6.99. The zero-order chi connectivity index (χ0) is 16.6. The van der Waals surface area contributed by atoms with E-state index in [1.165, 1.54) is 11.3 Å². The first-order valence-electron chi connectivity index (χ1n) is 6.83. The summed E-state index contributed by atoms with van der Waals surface area (Å²) in [6.45, 7) is 1.99. The number of fused-ring (bicyclic) bond motifs is 1. The summed E-state index contributed by atoms with van der Waals surface area (Å²) in [5.41, 5.74) is 1.83. The molecule has 0 fully saturated rings. The number of halogens is 2. The number of aryl methyl sites for hydroxylation is 1. The lowest BCUT2D eigenvalue weighted by Crippen LogP contribution is -2.11. The van der Waals surface area contributed by atoms with Gasteiger partial charge in [-0.2, -0.15) is 0 Å². The first kappa shape index (κ1) is 16.3. The van der Waals surface area contributed by atoms with Gasteiger partial charge in [-0.25, -0.2) is 0 Å². The van der Waals surface area contributed by atoms with Crippen molar-refractivity contribution in [2.45, 2.75) is 6.92 Å². The minimum absolute atomic E-state index is 0.222. The highest BCUT2D eigenvalue weighted by Crippen LogP contribution is 2.38. The van der Waals surface area contributed by atoms with Crippen molar-refractivity contribution in [2.24, 2.45) is 0 Å². The van der Waals surface area contributed by atoms with Crippen LogP contribution < -0.4 is 10.1 Å². The van der Waals surface area contributed by atoms with Gasteiger partial charge in [0.05, 0.1) is 17.8 Å². The molecule has 0 aliphatic carbocycles. The first-order valence-corrected chi connectivity index (χ1v) is 8.82. The molecule has 1 aromatic heterocycles. The maximum Gasteiger partial charge on any atom is 0.267 e. The molecule has 0 bridgehead atoms. The van der Waals surface area contributed by atoms with Crippen molar-refractivity contribution in [3.63, 3.8) is 0 Å². The summed E-state index contributed by atoms with van der Waals surface area (Å²) in [6.07, 6.45) is 0. The number of carbonyl (C=O) groups excluding carboxylic acids is 1. The number of nitrogens with one attached hydrogen (secondary N) is 1. The average Bonchev–Trinajstić information content (AvgIpc) is 2.86. The summed E-state index contributed by atoms with van der Waals surface area (Å²) in [5, 5.41) is 4.17. The highest BCUT2D eigenvalue weighted by molar-refractivity contribution is 9.10. The number of ether oxygens (including phenoxy) is 1. The van der Waals surface area contributed by atoms with Crippen molar-refractivity contribution in [3.8, 4) is 5.75 Å². The molecule has 3 aromatic rings. The Morgan fingerprint density at radius 1 is 1.26 bits per heavy atom. The van der Waals surface area contributed by atoms with Gasteiger partial charge in [-0.3, -0.25) is 4.79 Å². The SMILES string of the molecule is COc1ccc2sc(C(=O)Nc3ccc(C)cc3Br)c(Cl)c2c1. The number of thiophene rings is 1. The van der Waals surface area contributed by atoms with Gasteiger partial charge >= 0.3 is 0 Å². The molecule has 118 valence electrons. The van der Waals surface area contributed by atoms with Gasteiger partial charge < -0.3 is 10.1 Å². The first-order chi connectivity index (χ1) is 11.0. The Labute approximate surface area is 151 Å². The lowest BCUT2D eigenvalue weighted by Gasteiger charge is -2.07. The normalized spacial score (nSPS) is 10.8. The van der Waals surface area contributed by atoms with E-state index in [0.717, 1.165) is 20.1 Å². The van der Waals surface area contributed by atoms with Crippen molar-refractivity contribution >= 4 is 60.5 Å². The minimum Gasteiger partial charge on any atom is -0.497 e. The monoisotopic (exact) mass is 409 g/mol. The van der Waals surface area contributed by atoms with Crippen LogP contribution >= 0.6 is 38.9 Å². The molecule has 0 unspecified atom stereocenters. The number of rotatable bonds is 3. The topological polar surface area (TPSA) is 38.3 Å². The molecule has 0 saturated heterocycles. The van der Waals surface area contributed by atoms with E-state index in [1.807, 2.05) is 43.3 Å². The van der Waals surface area contributed by atoms with Gasteiger partial charge in [-0.05, 0) is 58.7 Å². The molecule has 1 N–H and O–H groups in total. The molecular formula is C17H13BrClNO2S. The zero-order valence-electron chi connectivity index (χ0n) is 12.4. The van der Waals surface area contributed by atoms with Gasteiger partial charge in [0.1, 0.15) is 10.6 Å². The largest absolute Gasteiger partial charge is 0.497 e. The molecule has 3 rings (SSSR count). The Morgan fingerprint density at radius 3 is 2.74 bits per heavy atom. The van der Waals surface area contributed by atoms with Gasteiger partial charge in [-0.1, -0.05) is 17.7 Å². The van der Waals surface area contributed by atoms with Crippen LogP contribution in [0.25, 0.3) is 10.1 Å². The van der Waals surface area contributed by atoms with Gasteiger partial charge in [0.2, 0.25) is 0 Å². The third kappa shape index (κ3) is 3.22. The second-order valence-corrected chi connectivity index (χ2v) is 7.33. The molecule has 0 aliphatic rings. The van der Waals surface area contributed by atoms with E-state index in [-0.39, 0.29) is 5.91 Å². The fourth-order valence-corrected chi connectivity index (χ4v) is 4.20. The second kappa shape index (κ2) is 6.51. The van der Waals surface area contributed by atoms with Crippen molar-refractivity contribution in [1.82, 2.24) is 0 Å². The van der Waals surface area contributed by atoms with E-state index in [9.17, 15) is 4.79 Å². The lowest BCUT2D eigenvalue weighted by molar-refractivity contribution is 0.103. The van der Waals surface area contributed by atoms with Crippen LogP contribution in [0.5, 0.6) is 5.75 Å². The van der Waals surface area contributed by atoms with Gasteiger partial charge in [0, 0.05) is 14.6 Å². The third-order valence-electron chi connectivity index (χ3n) is 3.41. The molecular weight excluding hydrogens is 398 g/mol. The maximum absolute atomic E-state index is 12.6. The molecule has 6 heteroatoms. The summed E-state index contributed by atoms with van der Waals surface area (Å²) in [7, 11) is 1.60. The summed E-state index contributed by atoms with van der Waals surface area (Å²) in [4.78, 5) is 13.0. The third-order valence-corrected chi connectivity index (χ3v) is 5.74. The van der Waals surface area contributed by atoms with Gasteiger partial charge in [0.15, 0.2) is 0 Å². The van der Waals surface area contributed by atoms with Crippen LogP contribution in [0, 0.1) is 6.92 Å². The van der Waals surface area contributed by atoms with Crippen LogP contribution in [0.4, 0.5) is 5.69 Å². The van der Waals surface area contributed by atoms with Crippen LogP contribution in [-0.4, -0.2) is 13.0 Å². The number of carbonyl (C=O) groups is 1. The molecule has 0 saturated carbocycles. The van der Waals surface area contributed by atoms with E-state index in [4.69, 9.17) is 16.3 Å². The number of anilines is 1. The Balaban J connectivity index is 1.96. The summed E-state index contributed by atoms with van der Waals surface area (Å²) in [6, 6.07) is 11.4. The maximum atomic E-state index is 12.6. The van der Waals surface area contributed by atoms with E-state index in [0.29, 0.717) is 21.3 Å². The van der Waals surface area contributed by atoms with Gasteiger partial charge in [0.25, 0.3) is 5.91 Å². The predicted molar refractivity (Wildman–Crippen MR) is 100 cm³/mol. The van der Waals surface area contributed by atoms with Crippen molar-refractivity contribution in [1.29, 1.82) is 0 Å². The van der Waals surface area contributed by atoms with Crippen LogP contribution in [-0.2, 0) is 0 Å². The number of methoxy groups -OCH3 is 1. The molecule has 2 aromatic carbocycles. The van der Waals surface area contributed by atoms with E-state index in [1.54, 1.807) is 7.11 Å². The van der Waals surface area contributed by atoms with Crippen molar-refractivity contribution in [3.05, 3.63) is 56.3 Å². The zero-order valence-corrected chi connectivity index (χ0v) is 15.6. The number of hydrogen-bond acceptors (Lipinski definition) is 3. The Bertz CT molecular complexity index is 907. The minimum atomic E-state index is -0.222. The van der Waals surface area contributed by atoms with Crippen molar-refractivity contribution in [2.75, 3.05) is 12.4 Å². The van der Waals surface area contributed by atoms with Gasteiger partial charge in [-0.15, -0.1) is 11.3 Å². The highest BCUT2D eigenvalue weighted by Gasteiger charge is 2.18. The number of amides is 1. The predicted octanol–water partition coefficient (Wildman–Crippen LogP) is 5.89. The molecule has 0 atom stereocenters. The van der Waals surface area contributed by atoms with Crippen LogP contribution in [0.2, 0.25) is 5.02 Å². The average molecular weight is 411 g/mol. The fourth-order valence-electron chi connectivity index (χ4n) is 2.22. The molecule has 0 aliphatic heterocycles. The fraction of sp³-hybridized carbons (Fsp3) is 0.118. The standard InChI is InChI=1S/C17H13BrClNO2S/c1-9-3-5-13(12(18)7-9)20-17(21)16-15(19)11-8-10(22-2)4-6-14(11)23-16/h3-8H,1-2H3,(H,20,21). The molecule has 1 heterocycles. The lowest BCUT2D eigenvalue weighted by atomic mass is 10.2. The molecule has 0 spiro atoms. The quantitative estimate of drug-likeness (QED) is 0.585. The molecule has 3 nitrogen and oxygen atoms in total. The molecule has 0 radical (unpaired) electrons. The van der Waals surface area contributed by atoms with E-state index >= 15 is 0 Å². The van der Waals surface area contributed by atoms with Crippen LogP contribution in [0.3, 0.4) is 0 Å². The van der Waals surface area contributed by atoms with Crippen LogP contribution in [0.15, 0.2) is 40.9 Å². The Morgan fingerprint density at radius 2 is 2.04 bits per heavy atom. The number of hydrogen-bond donors (Lipinski definition) is 1. The summed E-state index contributed by atoms with van der Waals surface area (Å²) >= 11 is 11.2. The van der Waals surface area contributed by atoms with E-state index in [2.05, 4.69) is 21.2 Å². The van der Waals surface area contributed by atoms with Crippen LogP contribution in [0.1, 0.15) is 15.2 Å². The number of benzene rings is 2. The second-order valence-electron chi connectivity index (χ2n) is 5.04. The highest BCUT2D eigenvalue weighted by atomic mass is 79.9. The Kier molecular flexibility index (Phi) is 4.62.